The molecule has 0 unspecified atom stereocenters. The lowest BCUT2D eigenvalue weighted by Gasteiger charge is -2.15. The molecule has 0 bridgehead atoms. The molecule has 0 saturated carbocycles. The Balaban J connectivity index is 1.53. The number of carbonyl (C=O) groups is 1. The molecule has 1 aliphatic rings. The number of hydrogen-bond donors (Lipinski definition) is 1. The summed E-state index contributed by atoms with van der Waals surface area (Å²) < 4.78 is 26.6. The quantitative estimate of drug-likeness (QED) is 0.759. The maximum Gasteiger partial charge on any atom is 0.243 e. The number of nitrogens with zero attached hydrogens (tertiary/aromatic N) is 1. The molecule has 1 saturated heterocycles. The van der Waals surface area contributed by atoms with Crippen molar-refractivity contribution >= 4 is 21.6 Å². The minimum atomic E-state index is -3.38. The summed E-state index contributed by atoms with van der Waals surface area (Å²) in [7, 11) is -3.38. The lowest BCUT2D eigenvalue weighted by molar-refractivity contribution is -0.116. The van der Waals surface area contributed by atoms with Crippen LogP contribution in [0.25, 0.3) is 0 Å². The predicted molar refractivity (Wildman–Crippen MR) is 112 cm³/mol. The highest BCUT2D eigenvalue weighted by Crippen LogP contribution is 2.21. The summed E-state index contributed by atoms with van der Waals surface area (Å²) >= 11 is 0. The van der Waals surface area contributed by atoms with E-state index in [-0.39, 0.29) is 5.91 Å². The number of carbonyl (C=O) groups excluding carboxylic acids is 1. The van der Waals surface area contributed by atoms with Gasteiger partial charge in [0.2, 0.25) is 15.9 Å². The first kappa shape index (κ1) is 20.6. The highest BCUT2D eigenvalue weighted by molar-refractivity contribution is 7.89. The summed E-state index contributed by atoms with van der Waals surface area (Å²) in [4.78, 5) is 12.5. The van der Waals surface area contributed by atoms with E-state index in [0.717, 1.165) is 24.1 Å². The fraction of sp³-hybridized carbons (Fsp3) is 0.409. The van der Waals surface area contributed by atoms with Crippen molar-refractivity contribution in [1.29, 1.82) is 0 Å². The monoisotopic (exact) mass is 400 g/mol. The van der Waals surface area contributed by atoms with Gasteiger partial charge < -0.3 is 5.32 Å². The molecular weight excluding hydrogens is 372 g/mol. The van der Waals surface area contributed by atoms with Gasteiger partial charge in [0.15, 0.2) is 0 Å². The Labute approximate surface area is 167 Å². The summed E-state index contributed by atoms with van der Waals surface area (Å²) in [5, 5.41) is 2.91. The SMILES string of the molecule is CC(C)c1ccc(NC(=O)CCc2ccc(S(=O)(=O)N3CCCC3)cc2)cc1. The fourth-order valence-corrected chi connectivity index (χ4v) is 4.86. The topological polar surface area (TPSA) is 66.5 Å². The molecule has 6 heteroatoms. The maximum absolute atomic E-state index is 12.5. The molecule has 1 heterocycles. The average molecular weight is 401 g/mol. The summed E-state index contributed by atoms with van der Waals surface area (Å²) in [6.07, 6.45) is 2.77. The Hall–Kier alpha value is -2.18. The van der Waals surface area contributed by atoms with Gasteiger partial charge in [-0.25, -0.2) is 8.42 Å². The van der Waals surface area contributed by atoms with Gasteiger partial charge in [-0.05, 0) is 60.6 Å². The van der Waals surface area contributed by atoms with Crippen LogP contribution >= 0.6 is 0 Å². The van der Waals surface area contributed by atoms with Crippen LogP contribution in [-0.4, -0.2) is 31.7 Å². The second kappa shape index (κ2) is 8.88. The number of benzene rings is 2. The van der Waals surface area contributed by atoms with Crippen molar-refractivity contribution in [3.63, 3.8) is 0 Å². The van der Waals surface area contributed by atoms with Crippen LogP contribution in [0.1, 0.15) is 50.2 Å². The number of rotatable bonds is 7. The minimum Gasteiger partial charge on any atom is -0.326 e. The Kier molecular flexibility index (Phi) is 6.52. The standard InChI is InChI=1S/C22H28N2O3S/c1-17(2)19-8-10-20(11-9-19)23-22(25)14-7-18-5-12-21(13-6-18)28(26,27)24-15-3-4-16-24/h5-6,8-13,17H,3-4,7,14-16H2,1-2H3,(H,23,25). The largest absolute Gasteiger partial charge is 0.326 e. The van der Waals surface area contributed by atoms with E-state index in [2.05, 4.69) is 19.2 Å². The van der Waals surface area contributed by atoms with E-state index < -0.39 is 10.0 Å². The number of anilines is 1. The Morgan fingerprint density at radius 2 is 1.61 bits per heavy atom. The number of sulfonamides is 1. The minimum absolute atomic E-state index is 0.0499. The van der Waals surface area contributed by atoms with E-state index in [1.807, 2.05) is 24.3 Å². The number of amides is 1. The van der Waals surface area contributed by atoms with Crippen LogP contribution in [0.4, 0.5) is 5.69 Å². The van der Waals surface area contributed by atoms with Crippen molar-refractivity contribution in [2.24, 2.45) is 0 Å². The van der Waals surface area contributed by atoms with Crippen molar-refractivity contribution in [3.05, 3.63) is 59.7 Å². The van der Waals surface area contributed by atoms with Gasteiger partial charge in [-0.2, -0.15) is 4.31 Å². The Morgan fingerprint density at radius 3 is 2.18 bits per heavy atom. The van der Waals surface area contributed by atoms with Crippen molar-refractivity contribution in [2.75, 3.05) is 18.4 Å². The predicted octanol–water partition coefficient (Wildman–Crippen LogP) is 4.17. The molecule has 1 N–H and O–H groups in total. The molecule has 28 heavy (non-hydrogen) atoms. The normalized spacial score (nSPS) is 15.1. The lowest BCUT2D eigenvalue weighted by atomic mass is 10.0. The van der Waals surface area contributed by atoms with Crippen LogP contribution in [0.2, 0.25) is 0 Å². The third-order valence-electron chi connectivity index (χ3n) is 5.13. The van der Waals surface area contributed by atoms with Crippen molar-refractivity contribution in [2.45, 2.75) is 50.3 Å². The average Bonchev–Trinajstić information content (AvgIpc) is 3.23. The highest BCUT2D eigenvalue weighted by Gasteiger charge is 2.26. The molecule has 0 aromatic heterocycles. The van der Waals surface area contributed by atoms with Gasteiger partial charge in [0.25, 0.3) is 0 Å². The van der Waals surface area contributed by atoms with Gasteiger partial charge in [-0.15, -0.1) is 0 Å². The third-order valence-corrected chi connectivity index (χ3v) is 7.04. The number of nitrogens with one attached hydrogen (secondary N) is 1. The van der Waals surface area contributed by atoms with Crippen LogP contribution in [0.15, 0.2) is 53.4 Å². The van der Waals surface area contributed by atoms with Crippen LogP contribution in [0.5, 0.6) is 0 Å². The van der Waals surface area contributed by atoms with Gasteiger partial charge in [0, 0.05) is 25.2 Å². The van der Waals surface area contributed by atoms with Gasteiger partial charge in [0.1, 0.15) is 0 Å². The molecule has 0 atom stereocenters. The molecule has 3 rings (SSSR count). The van der Waals surface area contributed by atoms with E-state index in [4.69, 9.17) is 0 Å². The van der Waals surface area contributed by atoms with Crippen LogP contribution in [-0.2, 0) is 21.2 Å². The third kappa shape index (κ3) is 5.00. The van der Waals surface area contributed by atoms with E-state index in [0.29, 0.717) is 36.7 Å². The number of hydrogen-bond acceptors (Lipinski definition) is 3. The smallest absolute Gasteiger partial charge is 0.243 e. The lowest BCUT2D eigenvalue weighted by Crippen LogP contribution is -2.27. The molecule has 1 fully saturated rings. The molecule has 0 aliphatic carbocycles. The second-order valence-electron chi connectivity index (χ2n) is 7.58. The summed E-state index contributed by atoms with van der Waals surface area (Å²) in [5.74, 6) is 0.410. The van der Waals surface area contributed by atoms with E-state index in [1.54, 1.807) is 28.6 Å². The number of aryl methyl sites for hydroxylation is 1. The summed E-state index contributed by atoms with van der Waals surface area (Å²) in [6.45, 7) is 5.47. The van der Waals surface area contributed by atoms with E-state index in [9.17, 15) is 13.2 Å². The van der Waals surface area contributed by atoms with Crippen molar-refractivity contribution in [3.8, 4) is 0 Å². The molecule has 5 nitrogen and oxygen atoms in total. The first-order chi connectivity index (χ1) is 13.4. The first-order valence-electron chi connectivity index (χ1n) is 9.85. The van der Waals surface area contributed by atoms with Gasteiger partial charge >= 0.3 is 0 Å². The first-order valence-corrected chi connectivity index (χ1v) is 11.3. The van der Waals surface area contributed by atoms with Crippen molar-refractivity contribution < 1.29 is 13.2 Å². The molecule has 150 valence electrons. The van der Waals surface area contributed by atoms with E-state index in [1.165, 1.54) is 5.56 Å². The highest BCUT2D eigenvalue weighted by atomic mass is 32.2. The molecule has 1 amide bonds. The summed E-state index contributed by atoms with van der Waals surface area (Å²) in [6, 6.07) is 14.8. The van der Waals surface area contributed by atoms with Crippen LogP contribution in [0, 0.1) is 0 Å². The molecule has 1 aliphatic heterocycles. The maximum atomic E-state index is 12.5. The molecular formula is C22H28N2O3S. The second-order valence-corrected chi connectivity index (χ2v) is 9.52. The van der Waals surface area contributed by atoms with Crippen LogP contribution < -0.4 is 5.32 Å². The zero-order valence-electron chi connectivity index (χ0n) is 16.5. The molecule has 0 spiro atoms. The van der Waals surface area contributed by atoms with Gasteiger partial charge in [-0.1, -0.05) is 38.1 Å². The van der Waals surface area contributed by atoms with E-state index >= 15 is 0 Å². The molecule has 0 radical (unpaired) electrons. The molecule has 2 aromatic rings. The molecule has 2 aromatic carbocycles. The van der Waals surface area contributed by atoms with Crippen molar-refractivity contribution in [1.82, 2.24) is 4.31 Å². The fourth-order valence-electron chi connectivity index (χ4n) is 3.34. The summed E-state index contributed by atoms with van der Waals surface area (Å²) in [5.41, 5.74) is 2.98. The zero-order chi connectivity index (χ0) is 20.1. The zero-order valence-corrected chi connectivity index (χ0v) is 17.3. The Morgan fingerprint density at radius 1 is 1.00 bits per heavy atom. The van der Waals surface area contributed by atoms with Gasteiger partial charge in [0.05, 0.1) is 4.90 Å². The Bertz CT molecular complexity index is 898. The van der Waals surface area contributed by atoms with Crippen LogP contribution in [0.3, 0.4) is 0 Å². The van der Waals surface area contributed by atoms with Gasteiger partial charge in [-0.3, -0.25) is 4.79 Å².